The highest BCUT2D eigenvalue weighted by atomic mass is 16.3. The second-order valence-corrected chi connectivity index (χ2v) is 6.09. The van der Waals surface area contributed by atoms with Gasteiger partial charge in [-0.05, 0) is 25.0 Å². The lowest BCUT2D eigenvalue weighted by Gasteiger charge is -2.16. The number of furan rings is 1. The molecule has 0 atom stereocenters. The number of nitrogens with one attached hydrogen (secondary N) is 2. The second kappa shape index (κ2) is 6.43. The van der Waals surface area contributed by atoms with Crippen LogP contribution in [-0.2, 0) is 6.54 Å². The summed E-state index contributed by atoms with van der Waals surface area (Å²) in [5.41, 5.74) is 0.971. The van der Waals surface area contributed by atoms with Crippen molar-refractivity contribution >= 4 is 22.8 Å². The van der Waals surface area contributed by atoms with E-state index in [1.165, 1.54) is 6.07 Å². The van der Waals surface area contributed by atoms with Gasteiger partial charge in [0.2, 0.25) is 5.95 Å². The number of nitrogens with zero attached hydrogens (tertiary/aromatic N) is 2. The number of H-pyrrole nitrogens is 1. The summed E-state index contributed by atoms with van der Waals surface area (Å²) in [6, 6.07) is 10.5. The van der Waals surface area contributed by atoms with Crippen LogP contribution in [0.1, 0.15) is 29.1 Å². The van der Waals surface area contributed by atoms with Gasteiger partial charge in [0.25, 0.3) is 11.5 Å². The molecule has 7 heteroatoms. The molecular weight excluding hydrogens is 320 g/mol. The Morgan fingerprint density at radius 2 is 2.04 bits per heavy atom. The van der Waals surface area contributed by atoms with Crippen LogP contribution in [-0.4, -0.2) is 29.0 Å². The summed E-state index contributed by atoms with van der Waals surface area (Å²) < 4.78 is 5.54. The van der Waals surface area contributed by atoms with Gasteiger partial charge in [-0.15, -0.1) is 0 Å². The number of benzene rings is 1. The molecule has 0 aliphatic carbocycles. The molecule has 0 bridgehead atoms. The van der Waals surface area contributed by atoms with Gasteiger partial charge in [-0.25, -0.2) is 4.98 Å². The zero-order valence-electron chi connectivity index (χ0n) is 13.6. The van der Waals surface area contributed by atoms with Crippen LogP contribution in [0.25, 0.3) is 11.0 Å². The summed E-state index contributed by atoms with van der Waals surface area (Å²) in [6.45, 7) is 1.94. The summed E-state index contributed by atoms with van der Waals surface area (Å²) in [7, 11) is 0. The third-order valence-electron chi connectivity index (χ3n) is 4.27. The molecule has 0 unspecified atom stereocenters. The van der Waals surface area contributed by atoms with Crippen molar-refractivity contribution in [2.45, 2.75) is 19.4 Å². The Morgan fingerprint density at radius 1 is 1.24 bits per heavy atom. The zero-order chi connectivity index (χ0) is 17.2. The SMILES string of the molecule is O=C(NCc1cc(=O)[nH]c(N2CCCC2)n1)c1cc2ccccc2o1. The van der Waals surface area contributed by atoms with E-state index in [1.807, 2.05) is 29.2 Å². The van der Waals surface area contributed by atoms with E-state index in [9.17, 15) is 9.59 Å². The van der Waals surface area contributed by atoms with Crippen LogP contribution in [0.4, 0.5) is 5.95 Å². The number of anilines is 1. The molecule has 2 N–H and O–H groups in total. The third-order valence-corrected chi connectivity index (χ3v) is 4.27. The molecular formula is C18H18N4O3. The molecule has 4 rings (SSSR count). The summed E-state index contributed by atoms with van der Waals surface area (Å²) >= 11 is 0. The van der Waals surface area contributed by atoms with Crippen LogP contribution in [0, 0.1) is 0 Å². The fourth-order valence-electron chi connectivity index (χ4n) is 3.01. The van der Waals surface area contributed by atoms with Gasteiger partial charge in [-0.1, -0.05) is 18.2 Å². The monoisotopic (exact) mass is 338 g/mol. The topological polar surface area (TPSA) is 91.2 Å². The Morgan fingerprint density at radius 3 is 2.84 bits per heavy atom. The summed E-state index contributed by atoms with van der Waals surface area (Å²) in [5, 5.41) is 3.63. The van der Waals surface area contributed by atoms with E-state index < -0.39 is 0 Å². The molecule has 1 amide bonds. The van der Waals surface area contributed by atoms with Gasteiger partial charge >= 0.3 is 0 Å². The molecule has 1 saturated heterocycles. The average Bonchev–Trinajstić information content (AvgIpc) is 3.28. The van der Waals surface area contributed by atoms with E-state index in [4.69, 9.17) is 4.42 Å². The maximum Gasteiger partial charge on any atom is 0.287 e. The van der Waals surface area contributed by atoms with Crippen LogP contribution in [0.2, 0.25) is 0 Å². The van der Waals surface area contributed by atoms with Crippen molar-refractivity contribution in [1.29, 1.82) is 0 Å². The first kappa shape index (κ1) is 15.4. The average molecular weight is 338 g/mol. The van der Waals surface area contributed by atoms with Crippen LogP contribution >= 0.6 is 0 Å². The van der Waals surface area contributed by atoms with Gasteiger partial charge < -0.3 is 14.6 Å². The van der Waals surface area contributed by atoms with E-state index in [0.717, 1.165) is 31.3 Å². The van der Waals surface area contributed by atoms with E-state index >= 15 is 0 Å². The Hall–Kier alpha value is -3.09. The maximum atomic E-state index is 12.3. The number of rotatable bonds is 4. The Balaban J connectivity index is 1.48. The molecule has 3 aromatic rings. The molecule has 0 saturated carbocycles. The minimum Gasteiger partial charge on any atom is -0.451 e. The number of carbonyl (C=O) groups is 1. The van der Waals surface area contributed by atoms with Gasteiger partial charge in [0.05, 0.1) is 12.2 Å². The van der Waals surface area contributed by atoms with Crippen molar-refractivity contribution in [2.24, 2.45) is 0 Å². The molecule has 3 heterocycles. The summed E-state index contributed by atoms with van der Waals surface area (Å²) in [5.74, 6) is 0.477. The van der Waals surface area contributed by atoms with Crippen molar-refractivity contribution < 1.29 is 9.21 Å². The number of carbonyl (C=O) groups excluding carboxylic acids is 1. The highest BCUT2D eigenvalue weighted by Crippen LogP contribution is 2.19. The van der Waals surface area contributed by atoms with Gasteiger partial charge in [0.1, 0.15) is 5.58 Å². The predicted octanol–water partition coefficient (Wildman–Crippen LogP) is 2.05. The predicted molar refractivity (Wildman–Crippen MR) is 93.7 cm³/mol. The first-order valence-electron chi connectivity index (χ1n) is 8.31. The Kier molecular flexibility index (Phi) is 3.97. The first-order chi connectivity index (χ1) is 12.2. The lowest BCUT2D eigenvalue weighted by atomic mass is 10.2. The number of aromatic nitrogens is 2. The number of fused-ring (bicyclic) bond motifs is 1. The maximum absolute atomic E-state index is 12.3. The molecule has 25 heavy (non-hydrogen) atoms. The molecule has 128 valence electrons. The number of hydrogen-bond acceptors (Lipinski definition) is 5. The van der Waals surface area contributed by atoms with E-state index in [0.29, 0.717) is 17.2 Å². The summed E-state index contributed by atoms with van der Waals surface area (Å²) in [6.07, 6.45) is 2.19. The lowest BCUT2D eigenvalue weighted by molar-refractivity contribution is 0.0925. The molecule has 1 aliphatic heterocycles. The standard InChI is InChI=1S/C18H18N4O3/c23-16-10-13(20-18(21-16)22-7-3-4-8-22)11-19-17(24)15-9-12-5-1-2-6-14(12)25-15/h1-2,5-6,9-10H,3-4,7-8,11H2,(H,19,24)(H,20,21,23). The molecule has 1 aliphatic rings. The quantitative estimate of drug-likeness (QED) is 0.760. The molecule has 0 spiro atoms. The van der Waals surface area contributed by atoms with Crippen molar-refractivity contribution in [3.05, 3.63) is 58.2 Å². The fraction of sp³-hybridized carbons (Fsp3) is 0.278. The summed E-state index contributed by atoms with van der Waals surface area (Å²) in [4.78, 5) is 33.4. The van der Waals surface area contributed by atoms with E-state index in [-0.39, 0.29) is 23.8 Å². The van der Waals surface area contributed by atoms with Crippen LogP contribution in [0.3, 0.4) is 0 Å². The van der Waals surface area contributed by atoms with Gasteiger partial charge in [0, 0.05) is 24.5 Å². The lowest BCUT2D eigenvalue weighted by Crippen LogP contribution is -2.27. The Labute approximate surface area is 143 Å². The number of hydrogen-bond donors (Lipinski definition) is 2. The van der Waals surface area contributed by atoms with E-state index in [2.05, 4.69) is 15.3 Å². The molecule has 1 aromatic carbocycles. The Bertz CT molecular complexity index is 937. The fourth-order valence-corrected chi connectivity index (χ4v) is 3.01. The van der Waals surface area contributed by atoms with Crippen molar-refractivity contribution in [2.75, 3.05) is 18.0 Å². The second-order valence-electron chi connectivity index (χ2n) is 6.09. The highest BCUT2D eigenvalue weighted by molar-refractivity contribution is 5.95. The van der Waals surface area contributed by atoms with Crippen molar-refractivity contribution in [1.82, 2.24) is 15.3 Å². The normalized spacial score (nSPS) is 14.2. The molecule has 0 radical (unpaired) electrons. The third kappa shape index (κ3) is 3.26. The largest absolute Gasteiger partial charge is 0.451 e. The minimum absolute atomic E-state index is 0.167. The molecule has 2 aromatic heterocycles. The van der Waals surface area contributed by atoms with Gasteiger partial charge in [-0.2, -0.15) is 0 Å². The van der Waals surface area contributed by atoms with Crippen molar-refractivity contribution in [3.63, 3.8) is 0 Å². The highest BCUT2D eigenvalue weighted by Gasteiger charge is 2.16. The molecule has 1 fully saturated rings. The van der Waals surface area contributed by atoms with Crippen LogP contribution < -0.4 is 15.8 Å². The van der Waals surface area contributed by atoms with Crippen LogP contribution in [0.5, 0.6) is 0 Å². The number of aromatic amines is 1. The first-order valence-corrected chi connectivity index (χ1v) is 8.31. The smallest absolute Gasteiger partial charge is 0.287 e. The van der Waals surface area contributed by atoms with Crippen molar-refractivity contribution in [3.8, 4) is 0 Å². The minimum atomic E-state index is -0.332. The van der Waals surface area contributed by atoms with Crippen LogP contribution in [0.15, 0.2) is 45.6 Å². The number of para-hydroxylation sites is 1. The van der Waals surface area contributed by atoms with Gasteiger partial charge in [0.15, 0.2) is 5.76 Å². The molecule has 7 nitrogen and oxygen atoms in total. The van der Waals surface area contributed by atoms with Gasteiger partial charge in [-0.3, -0.25) is 14.6 Å². The zero-order valence-corrected chi connectivity index (χ0v) is 13.6. The van der Waals surface area contributed by atoms with E-state index in [1.54, 1.807) is 6.07 Å². The number of amides is 1.